The van der Waals surface area contributed by atoms with Crippen molar-refractivity contribution in [1.29, 1.82) is 0 Å². The van der Waals surface area contributed by atoms with Crippen molar-refractivity contribution in [3.8, 4) is 5.75 Å². The Hall–Kier alpha value is -1.42. The second kappa shape index (κ2) is 9.60. The van der Waals surface area contributed by atoms with Gasteiger partial charge in [0.2, 0.25) is 0 Å². The molecule has 5 heteroatoms. The Bertz CT molecular complexity index is 885. The molecule has 166 valence electrons. The highest BCUT2D eigenvalue weighted by Crippen LogP contribution is 2.38. The first-order valence-electron chi connectivity index (χ1n) is 11.9. The fraction of sp³-hybridized carbons (Fsp3) is 0.538. The zero-order valence-electron chi connectivity index (χ0n) is 18.0. The lowest BCUT2D eigenvalue weighted by Gasteiger charge is -2.41. The number of rotatable bonds is 6. The Morgan fingerprint density at radius 2 is 1.58 bits per heavy atom. The van der Waals surface area contributed by atoms with Crippen LogP contribution in [-0.2, 0) is 0 Å². The number of para-hydroxylation sites is 1. The maximum atomic E-state index is 6.34. The predicted octanol–water partition coefficient (Wildman–Crippen LogP) is 7.14. The lowest BCUT2D eigenvalue weighted by molar-refractivity contribution is 0.118. The summed E-state index contributed by atoms with van der Waals surface area (Å²) in [5.74, 6) is 1.77. The van der Waals surface area contributed by atoms with E-state index in [1.165, 1.54) is 70.0 Å². The third kappa shape index (κ3) is 5.32. The van der Waals surface area contributed by atoms with E-state index in [4.69, 9.17) is 27.9 Å². The molecule has 1 heterocycles. The Balaban J connectivity index is 1.11. The zero-order valence-corrected chi connectivity index (χ0v) is 19.5. The molecular weight excluding hydrogens is 427 g/mol. The average molecular weight is 459 g/mol. The van der Waals surface area contributed by atoms with Crippen LogP contribution in [0, 0.1) is 0 Å². The van der Waals surface area contributed by atoms with E-state index in [0.29, 0.717) is 28.1 Å². The molecule has 5 rings (SSSR count). The molecule has 2 saturated carbocycles. The molecule has 2 aliphatic carbocycles. The zero-order chi connectivity index (χ0) is 21.2. The Morgan fingerprint density at radius 3 is 2.29 bits per heavy atom. The highest BCUT2D eigenvalue weighted by molar-refractivity contribution is 6.36. The van der Waals surface area contributed by atoms with Crippen molar-refractivity contribution in [3.05, 3.63) is 58.1 Å². The number of anilines is 1. The van der Waals surface area contributed by atoms with E-state index in [-0.39, 0.29) is 0 Å². The number of piperidine rings is 1. The molecule has 1 N–H and O–H groups in total. The Kier molecular flexibility index (Phi) is 6.64. The summed E-state index contributed by atoms with van der Waals surface area (Å²) in [6.45, 7) is 2.41. The van der Waals surface area contributed by atoms with Gasteiger partial charge in [-0.15, -0.1) is 0 Å². The average Bonchev–Trinajstić information content (AvgIpc) is 3.61. The smallest absolute Gasteiger partial charge is 0.123 e. The minimum absolute atomic E-state index is 0.466. The number of nitrogens with one attached hydrogen (secondary N) is 1. The van der Waals surface area contributed by atoms with Crippen LogP contribution in [0.1, 0.15) is 62.8 Å². The van der Waals surface area contributed by atoms with Crippen LogP contribution in [0.25, 0.3) is 0 Å². The fourth-order valence-corrected chi connectivity index (χ4v) is 5.74. The number of halogens is 2. The van der Waals surface area contributed by atoms with Crippen LogP contribution in [0.5, 0.6) is 5.75 Å². The lowest BCUT2D eigenvalue weighted by atomic mass is 9.85. The summed E-state index contributed by atoms with van der Waals surface area (Å²) < 4.78 is 6.19. The summed E-state index contributed by atoms with van der Waals surface area (Å²) in [4.78, 5) is 2.74. The molecule has 2 aromatic rings. The molecule has 0 radical (unpaired) electrons. The van der Waals surface area contributed by atoms with E-state index in [1.807, 2.05) is 18.2 Å². The Morgan fingerprint density at radius 1 is 0.839 bits per heavy atom. The third-order valence-corrected chi connectivity index (χ3v) is 7.76. The van der Waals surface area contributed by atoms with Crippen LogP contribution in [0.2, 0.25) is 10.0 Å². The number of hydrogen-bond acceptors (Lipinski definition) is 3. The molecule has 0 spiro atoms. The first-order chi connectivity index (χ1) is 15.2. The maximum absolute atomic E-state index is 6.34. The van der Waals surface area contributed by atoms with Gasteiger partial charge >= 0.3 is 0 Å². The molecule has 3 aliphatic rings. The van der Waals surface area contributed by atoms with E-state index >= 15 is 0 Å². The first kappa shape index (κ1) is 21.4. The van der Waals surface area contributed by atoms with E-state index < -0.39 is 0 Å². The van der Waals surface area contributed by atoms with Crippen molar-refractivity contribution in [2.75, 3.05) is 18.4 Å². The van der Waals surface area contributed by atoms with Crippen molar-refractivity contribution in [2.24, 2.45) is 0 Å². The van der Waals surface area contributed by atoms with Crippen LogP contribution in [0.3, 0.4) is 0 Å². The molecule has 3 nitrogen and oxygen atoms in total. The second-order valence-corrected chi connectivity index (χ2v) is 10.3. The summed E-state index contributed by atoms with van der Waals surface area (Å²) in [6, 6.07) is 15.7. The second-order valence-electron chi connectivity index (χ2n) is 9.44. The summed E-state index contributed by atoms with van der Waals surface area (Å²) in [7, 11) is 0. The van der Waals surface area contributed by atoms with Crippen molar-refractivity contribution in [1.82, 2.24) is 4.90 Å². The van der Waals surface area contributed by atoms with Gasteiger partial charge in [-0.2, -0.15) is 0 Å². The Labute approximate surface area is 196 Å². The summed E-state index contributed by atoms with van der Waals surface area (Å²) in [5.41, 5.74) is 2.43. The van der Waals surface area contributed by atoms with Gasteiger partial charge in [-0.1, -0.05) is 41.4 Å². The minimum Gasteiger partial charge on any atom is -0.490 e. The first-order valence-corrected chi connectivity index (χ1v) is 12.6. The lowest BCUT2D eigenvalue weighted by Crippen LogP contribution is -2.44. The van der Waals surface area contributed by atoms with Crippen LogP contribution in [0.4, 0.5) is 5.69 Å². The molecule has 0 amide bonds. The summed E-state index contributed by atoms with van der Waals surface area (Å²) in [6.07, 6.45) is 10.3. The van der Waals surface area contributed by atoms with Gasteiger partial charge in [-0.3, -0.25) is 0 Å². The van der Waals surface area contributed by atoms with E-state index in [9.17, 15) is 0 Å². The van der Waals surface area contributed by atoms with E-state index in [1.54, 1.807) is 0 Å². The van der Waals surface area contributed by atoms with Gasteiger partial charge in [0.25, 0.3) is 0 Å². The van der Waals surface area contributed by atoms with Crippen LogP contribution >= 0.6 is 23.2 Å². The van der Waals surface area contributed by atoms with Gasteiger partial charge in [-0.25, -0.2) is 0 Å². The summed E-state index contributed by atoms with van der Waals surface area (Å²) >= 11 is 12.4. The quantitative estimate of drug-likeness (QED) is 0.497. The number of benzene rings is 2. The standard InChI is InChI=1S/C26H32Cl2N2O/c27-19-5-12-25(24(28)17-19)29-20-6-8-21(9-7-20)30-15-13-18(14-16-30)23-3-1-2-4-26(23)31-22-10-11-22/h1-5,12,17-18,20-22,29H,6-11,13-16H2. The number of likely N-dealkylation sites (tertiary alicyclic amines) is 1. The van der Waals surface area contributed by atoms with Crippen molar-refractivity contribution in [2.45, 2.75) is 75.5 Å². The number of nitrogens with zero attached hydrogens (tertiary/aromatic N) is 1. The molecule has 0 aromatic heterocycles. The SMILES string of the molecule is Clc1ccc(NC2CCC(N3CCC(c4ccccc4OC4CC4)CC3)CC2)c(Cl)c1. The van der Waals surface area contributed by atoms with Gasteiger partial charge < -0.3 is 15.0 Å². The molecular formula is C26H32Cl2N2O. The largest absolute Gasteiger partial charge is 0.490 e. The summed E-state index contributed by atoms with van der Waals surface area (Å²) in [5, 5.41) is 5.03. The topological polar surface area (TPSA) is 24.5 Å². The van der Waals surface area contributed by atoms with Gasteiger partial charge in [0, 0.05) is 17.1 Å². The molecule has 0 atom stereocenters. The highest BCUT2D eigenvalue weighted by atomic mass is 35.5. The molecule has 31 heavy (non-hydrogen) atoms. The number of hydrogen-bond donors (Lipinski definition) is 1. The third-order valence-electron chi connectivity index (χ3n) is 7.21. The van der Waals surface area contributed by atoms with Gasteiger partial charge in [0.1, 0.15) is 5.75 Å². The molecule has 1 saturated heterocycles. The highest BCUT2D eigenvalue weighted by Gasteiger charge is 2.31. The maximum Gasteiger partial charge on any atom is 0.123 e. The van der Waals surface area contributed by atoms with Crippen LogP contribution in [-0.4, -0.2) is 36.2 Å². The normalized spacial score (nSPS) is 25.4. The van der Waals surface area contributed by atoms with Gasteiger partial charge in [0.05, 0.1) is 16.8 Å². The molecule has 1 aliphatic heterocycles. The molecule has 2 aromatic carbocycles. The molecule has 0 unspecified atom stereocenters. The van der Waals surface area contributed by atoms with Crippen LogP contribution in [0.15, 0.2) is 42.5 Å². The van der Waals surface area contributed by atoms with Gasteiger partial charge in [-0.05, 0) is 100 Å². The minimum atomic E-state index is 0.466. The monoisotopic (exact) mass is 458 g/mol. The molecule has 0 bridgehead atoms. The number of ether oxygens (including phenoxy) is 1. The van der Waals surface area contributed by atoms with Crippen molar-refractivity contribution >= 4 is 28.9 Å². The predicted molar refractivity (Wildman–Crippen MR) is 130 cm³/mol. The fourth-order valence-electron chi connectivity index (χ4n) is 5.28. The van der Waals surface area contributed by atoms with Crippen molar-refractivity contribution in [3.63, 3.8) is 0 Å². The molecule has 3 fully saturated rings. The van der Waals surface area contributed by atoms with Crippen LogP contribution < -0.4 is 10.1 Å². The van der Waals surface area contributed by atoms with Crippen molar-refractivity contribution < 1.29 is 4.74 Å². The van der Waals surface area contributed by atoms with E-state index in [0.717, 1.165) is 17.5 Å². The van der Waals surface area contributed by atoms with Gasteiger partial charge in [0.15, 0.2) is 0 Å². The van der Waals surface area contributed by atoms with E-state index in [2.05, 4.69) is 34.5 Å².